The Kier molecular flexibility index (Phi) is 5.84. The average Bonchev–Trinajstić information content (AvgIpc) is 2.46. The summed E-state index contributed by atoms with van der Waals surface area (Å²) < 4.78 is 0. The molecule has 116 valence electrons. The molecule has 0 aliphatic carbocycles. The first-order valence-electron chi connectivity index (χ1n) is 7.07. The van der Waals surface area contributed by atoms with Crippen LogP contribution in [0.3, 0.4) is 0 Å². The number of benzene rings is 1. The fourth-order valence-corrected chi connectivity index (χ4v) is 2.25. The Bertz CT molecular complexity index is 530. The van der Waals surface area contributed by atoms with E-state index in [4.69, 9.17) is 0 Å². The topological polar surface area (TPSA) is 92.5 Å². The van der Waals surface area contributed by atoms with Crippen LogP contribution in [-0.2, 0) is 6.42 Å². The fourth-order valence-electron chi connectivity index (χ4n) is 2.25. The first-order valence-corrected chi connectivity index (χ1v) is 7.07. The van der Waals surface area contributed by atoms with Crippen LogP contribution in [0, 0.1) is 10.1 Å². The lowest BCUT2D eigenvalue weighted by atomic mass is 9.96. The number of aryl methyl sites for hydroxylation is 1. The Morgan fingerprint density at radius 1 is 1.43 bits per heavy atom. The van der Waals surface area contributed by atoms with Crippen LogP contribution >= 0.6 is 0 Å². The van der Waals surface area contributed by atoms with E-state index in [1.165, 1.54) is 6.07 Å². The van der Waals surface area contributed by atoms with Crippen LogP contribution in [0.25, 0.3) is 0 Å². The van der Waals surface area contributed by atoms with Crippen molar-refractivity contribution in [3.05, 3.63) is 39.4 Å². The van der Waals surface area contributed by atoms with E-state index < -0.39 is 16.4 Å². The molecule has 0 saturated carbocycles. The van der Waals surface area contributed by atoms with Gasteiger partial charge in [0.25, 0.3) is 11.6 Å². The lowest BCUT2D eigenvalue weighted by molar-refractivity contribution is -0.385. The monoisotopic (exact) mass is 294 g/mol. The van der Waals surface area contributed by atoms with Crippen molar-refractivity contribution in [1.29, 1.82) is 0 Å². The van der Waals surface area contributed by atoms with E-state index in [1.807, 2.05) is 13.8 Å². The lowest BCUT2D eigenvalue weighted by Crippen LogP contribution is -2.48. The van der Waals surface area contributed by atoms with Gasteiger partial charge in [0.1, 0.15) is 0 Å². The molecule has 6 heteroatoms. The first-order chi connectivity index (χ1) is 9.86. The van der Waals surface area contributed by atoms with Gasteiger partial charge in [0.15, 0.2) is 0 Å². The number of carbonyl (C=O) groups is 1. The highest BCUT2D eigenvalue weighted by Crippen LogP contribution is 2.21. The molecule has 1 aromatic rings. The van der Waals surface area contributed by atoms with Crippen LogP contribution in [0.1, 0.15) is 49.5 Å². The average molecular weight is 294 g/mol. The van der Waals surface area contributed by atoms with Gasteiger partial charge in [0.05, 0.1) is 17.1 Å². The maximum Gasteiger partial charge on any atom is 0.273 e. The predicted molar refractivity (Wildman–Crippen MR) is 80.3 cm³/mol. The van der Waals surface area contributed by atoms with Crippen molar-refractivity contribution in [2.45, 2.75) is 45.6 Å². The van der Waals surface area contributed by atoms with Crippen molar-refractivity contribution < 1.29 is 14.8 Å². The van der Waals surface area contributed by atoms with Gasteiger partial charge >= 0.3 is 0 Å². The standard InChI is InChI=1S/C15H22N2O4/c1-4-8-15(3,10-18)16-14(19)12-7-6-11(5-2)13(9-12)17(20)21/h6-7,9,18H,4-5,8,10H2,1-3H3,(H,16,19)/t15-/m1/s1. The number of amides is 1. The zero-order chi connectivity index (χ0) is 16.0. The minimum atomic E-state index is -0.718. The van der Waals surface area contributed by atoms with Crippen LogP contribution in [-0.4, -0.2) is 28.1 Å². The molecule has 0 aromatic heterocycles. The zero-order valence-electron chi connectivity index (χ0n) is 12.7. The molecule has 2 N–H and O–H groups in total. The third-order valence-corrected chi connectivity index (χ3v) is 3.49. The quantitative estimate of drug-likeness (QED) is 0.596. The van der Waals surface area contributed by atoms with Gasteiger partial charge in [-0.1, -0.05) is 26.3 Å². The Balaban J connectivity index is 3.03. The smallest absolute Gasteiger partial charge is 0.273 e. The molecule has 1 aromatic carbocycles. The second-order valence-corrected chi connectivity index (χ2v) is 5.38. The van der Waals surface area contributed by atoms with Crippen molar-refractivity contribution in [3.8, 4) is 0 Å². The van der Waals surface area contributed by atoms with E-state index in [9.17, 15) is 20.0 Å². The number of carbonyl (C=O) groups excluding carboxylic acids is 1. The molecule has 1 amide bonds. The molecule has 0 aliphatic rings. The molecule has 0 heterocycles. The predicted octanol–water partition coefficient (Wildman–Crippen LogP) is 2.44. The van der Waals surface area contributed by atoms with Gasteiger partial charge in [0.2, 0.25) is 0 Å². The van der Waals surface area contributed by atoms with Gasteiger partial charge in [-0.05, 0) is 25.8 Å². The van der Waals surface area contributed by atoms with Gasteiger partial charge in [-0.3, -0.25) is 14.9 Å². The van der Waals surface area contributed by atoms with Crippen LogP contribution in [0.5, 0.6) is 0 Å². The molecule has 0 spiro atoms. The number of nitrogens with one attached hydrogen (secondary N) is 1. The third kappa shape index (κ3) is 4.26. The second-order valence-electron chi connectivity index (χ2n) is 5.38. The van der Waals surface area contributed by atoms with E-state index in [1.54, 1.807) is 19.1 Å². The van der Waals surface area contributed by atoms with Gasteiger partial charge in [0, 0.05) is 17.2 Å². The molecule has 0 saturated heterocycles. The van der Waals surface area contributed by atoms with Gasteiger partial charge in [-0.25, -0.2) is 0 Å². The Labute approximate surface area is 124 Å². The molecule has 0 fully saturated rings. The minimum Gasteiger partial charge on any atom is -0.394 e. The molecule has 21 heavy (non-hydrogen) atoms. The van der Waals surface area contributed by atoms with Crippen molar-refractivity contribution in [1.82, 2.24) is 5.32 Å². The maximum atomic E-state index is 12.2. The molecular weight excluding hydrogens is 272 g/mol. The summed E-state index contributed by atoms with van der Waals surface area (Å²) in [6.45, 7) is 5.36. The summed E-state index contributed by atoms with van der Waals surface area (Å²) in [6, 6.07) is 4.46. The van der Waals surface area contributed by atoms with Crippen LogP contribution in [0.2, 0.25) is 0 Å². The minimum absolute atomic E-state index is 0.0497. The third-order valence-electron chi connectivity index (χ3n) is 3.49. The molecular formula is C15H22N2O4. The zero-order valence-corrected chi connectivity index (χ0v) is 12.7. The molecule has 1 rings (SSSR count). The molecule has 6 nitrogen and oxygen atoms in total. The normalized spacial score (nSPS) is 13.5. The number of aliphatic hydroxyl groups is 1. The van der Waals surface area contributed by atoms with Gasteiger partial charge < -0.3 is 10.4 Å². The Hall–Kier alpha value is -1.95. The van der Waals surface area contributed by atoms with Crippen LogP contribution in [0.4, 0.5) is 5.69 Å². The van der Waals surface area contributed by atoms with E-state index >= 15 is 0 Å². The summed E-state index contributed by atoms with van der Waals surface area (Å²) >= 11 is 0. The number of nitrogens with zero attached hydrogens (tertiary/aromatic N) is 1. The highest BCUT2D eigenvalue weighted by molar-refractivity contribution is 5.95. The fraction of sp³-hybridized carbons (Fsp3) is 0.533. The van der Waals surface area contributed by atoms with Crippen LogP contribution in [0.15, 0.2) is 18.2 Å². The molecule has 0 bridgehead atoms. The van der Waals surface area contributed by atoms with Crippen molar-refractivity contribution in [2.75, 3.05) is 6.61 Å². The van der Waals surface area contributed by atoms with E-state index in [0.29, 0.717) is 18.4 Å². The van der Waals surface area contributed by atoms with Crippen LogP contribution < -0.4 is 5.32 Å². The highest BCUT2D eigenvalue weighted by Gasteiger charge is 2.26. The first kappa shape index (κ1) is 17.1. The number of rotatable bonds is 7. The summed E-state index contributed by atoms with van der Waals surface area (Å²) in [4.78, 5) is 22.8. The summed E-state index contributed by atoms with van der Waals surface area (Å²) in [6.07, 6.45) is 1.97. The largest absolute Gasteiger partial charge is 0.394 e. The Morgan fingerprint density at radius 2 is 2.10 bits per heavy atom. The molecule has 0 unspecified atom stereocenters. The van der Waals surface area contributed by atoms with Gasteiger partial charge in [-0.15, -0.1) is 0 Å². The molecule has 1 atom stereocenters. The van der Waals surface area contributed by atoms with E-state index in [2.05, 4.69) is 5.32 Å². The van der Waals surface area contributed by atoms with E-state index in [0.717, 1.165) is 6.42 Å². The summed E-state index contributed by atoms with van der Waals surface area (Å²) in [7, 11) is 0. The highest BCUT2D eigenvalue weighted by atomic mass is 16.6. The summed E-state index contributed by atoms with van der Waals surface area (Å²) in [5.41, 5.74) is 0.0559. The van der Waals surface area contributed by atoms with Gasteiger partial charge in [-0.2, -0.15) is 0 Å². The lowest BCUT2D eigenvalue weighted by Gasteiger charge is -2.28. The number of aliphatic hydroxyl groups excluding tert-OH is 1. The second kappa shape index (κ2) is 7.17. The Morgan fingerprint density at radius 3 is 2.57 bits per heavy atom. The van der Waals surface area contributed by atoms with Crippen molar-refractivity contribution >= 4 is 11.6 Å². The summed E-state index contributed by atoms with van der Waals surface area (Å²) in [5.74, 6) is -0.411. The van der Waals surface area contributed by atoms with E-state index in [-0.39, 0.29) is 17.9 Å². The maximum absolute atomic E-state index is 12.2. The molecule has 0 aliphatic heterocycles. The number of hydrogen-bond donors (Lipinski definition) is 2. The number of nitro groups is 1. The molecule has 0 radical (unpaired) electrons. The van der Waals surface area contributed by atoms with Crippen molar-refractivity contribution in [3.63, 3.8) is 0 Å². The van der Waals surface area contributed by atoms with Crippen molar-refractivity contribution in [2.24, 2.45) is 0 Å². The number of hydrogen-bond acceptors (Lipinski definition) is 4. The number of nitro benzene ring substituents is 1. The SMILES string of the molecule is CCC[C@](C)(CO)NC(=O)c1ccc(CC)c([N+](=O)[O-])c1. The summed E-state index contributed by atoms with van der Waals surface area (Å²) in [5, 5.41) is 23.2.